The van der Waals surface area contributed by atoms with Crippen molar-refractivity contribution >= 4 is 22.7 Å². The van der Waals surface area contributed by atoms with Crippen LogP contribution in [0.5, 0.6) is 0 Å². The average molecular weight is 328 g/mol. The van der Waals surface area contributed by atoms with E-state index in [1.807, 2.05) is 24.3 Å². The molecule has 6 heteroatoms. The van der Waals surface area contributed by atoms with E-state index in [0.29, 0.717) is 5.92 Å². The fourth-order valence-electron chi connectivity index (χ4n) is 3.18. The number of hydrogen-bond donors (Lipinski definition) is 2. The van der Waals surface area contributed by atoms with E-state index >= 15 is 0 Å². The highest BCUT2D eigenvalue weighted by molar-refractivity contribution is 7.09. The van der Waals surface area contributed by atoms with Gasteiger partial charge in [-0.25, -0.2) is 4.98 Å². The van der Waals surface area contributed by atoms with Gasteiger partial charge in [0.25, 0.3) is 0 Å². The van der Waals surface area contributed by atoms with Gasteiger partial charge in [0.05, 0.1) is 10.7 Å². The number of aromatic nitrogens is 1. The second kappa shape index (κ2) is 6.29. The second-order valence-electron chi connectivity index (χ2n) is 6.06. The summed E-state index contributed by atoms with van der Waals surface area (Å²) in [6.45, 7) is 2.16. The standard InChI is InChI=1S/C17H20N4OS/c18-13-4-2-1-3-12(13)16-9-14(21-22-16)15-10-23-17(20-15)11-5-7-19-8-6-11/h1-4,10-11,16,19H,5-9,18H2. The van der Waals surface area contributed by atoms with Crippen LogP contribution >= 0.6 is 11.3 Å². The molecule has 0 amide bonds. The first kappa shape index (κ1) is 14.7. The Kier molecular flexibility index (Phi) is 4.01. The second-order valence-corrected chi connectivity index (χ2v) is 6.95. The highest BCUT2D eigenvalue weighted by Crippen LogP contribution is 2.34. The molecular weight excluding hydrogens is 308 g/mol. The Labute approximate surface area is 139 Å². The fourth-order valence-corrected chi connectivity index (χ4v) is 4.18. The number of rotatable bonds is 3. The third-order valence-corrected chi connectivity index (χ3v) is 5.53. The van der Waals surface area contributed by atoms with Crippen molar-refractivity contribution in [1.82, 2.24) is 10.3 Å². The Morgan fingerprint density at radius 1 is 1.22 bits per heavy atom. The summed E-state index contributed by atoms with van der Waals surface area (Å²) in [6.07, 6.45) is 2.96. The number of para-hydroxylation sites is 1. The van der Waals surface area contributed by atoms with E-state index in [1.165, 1.54) is 17.8 Å². The number of thiazole rings is 1. The van der Waals surface area contributed by atoms with Gasteiger partial charge < -0.3 is 15.9 Å². The number of oxime groups is 1. The Bertz CT molecular complexity index is 721. The van der Waals surface area contributed by atoms with Gasteiger partial charge in [0.1, 0.15) is 5.71 Å². The van der Waals surface area contributed by atoms with Crippen LogP contribution in [0.4, 0.5) is 5.69 Å². The van der Waals surface area contributed by atoms with Crippen LogP contribution in [0.15, 0.2) is 34.8 Å². The van der Waals surface area contributed by atoms with Crippen LogP contribution in [0, 0.1) is 0 Å². The number of piperidine rings is 1. The van der Waals surface area contributed by atoms with Gasteiger partial charge in [-0.15, -0.1) is 11.3 Å². The molecule has 120 valence electrons. The first-order valence-electron chi connectivity index (χ1n) is 8.05. The van der Waals surface area contributed by atoms with Crippen molar-refractivity contribution in [3.63, 3.8) is 0 Å². The third kappa shape index (κ3) is 2.96. The molecule has 1 aromatic heterocycles. The largest absolute Gasteiger partial charge is 0.398 e. The van der Waals surface area contributed by atoms with Gasteiger partial charge in [0, 0.05) is 29.0 Å². The normalized spacial score (nSPS) is 21.9. The van der Waals surface area contributed by atoms with Gasteiger partial charge in [0.2, 0.25) is 0 Å². The summed E-state index contributed by atoms with van der Waals surface area (Å²) in [7, 11) is 0. The number of nitrogens with two attached hydrogens (primary N) is 1. The van der Waals surface area contributed by atoms with Crippen molar-refractivity contribution in [2.45, 2.75) is 31.3 Å². The molecule has 4 rings (SSSR count). The predicted molar refractivity (Wildman–Crippen MR) is 92.8 cm³/mol. The molecule has 1 saturated heterocycles. The van der Waals surface area contributed by atoms with Crippen molar-refractivity contribution in [3.05, 3.63) is 45.9 Å². The van der Waals surface area contributed by atoms with Crippen LogP contribution in [0.1, 0.15) is 47.5 Å². The van der Waals surface area contributed by atoms with Gasteiger partial charge in [-0.05, 0) is 32.0 Å². The molecule has 1 fully saturated rings. The summed E-state index contributed by atoms with van der Waals surface area (Å²) in [5.41, 5.74) is 9.67. The maximum atomic E-state index is 6.04. The van der Waals surface area contributed by atoms with E-state index in [2.05, 4.69) is 15.9 Å². The number of nitrogens with one attached hydrogen (secondary N) is 1. The van der Waals surface area contributed by atoms with E-state index in [4.69, 9.17) is 15.6 Å². The van der Waals surface area contributed by atoms with Crippen molar-refractivity contribution < 1.29 is 4.84 Å². The van der Waals surface area contributed by atoms with E-state index in [9.17, 15) is 0 Å². The van der Waals surface area contributed by atoms with Gasteiger partial charge >= 0.3 is 0 Å². The lowest BCUT2D eigenvalue weighted by molar-refractivity contribution is 0.0862. The molecule has 0 bridgehead atoms. The Balaban J connectivity index is 1.47. The third-order valence-electron chi connectivity index (χ3n) is 4.52. The number of hydrogen-bond acceptors (Lipinski definition) is 6. The van der Waals surface area contributed by atoms with Crippen molar-refractivity contribution in [2.75, 3.05) is 18.8 Å². The number of nitrogen functional groups attached to an aromatic ring is 1. The lowest BCUT2D eigenvalue weighted by atomic mass is 9.99. The molecule has 0 aliphatic carbocycles. The van der Waals surface area contributed by atoms with Crippen LogP contribution < -0.4 is 11.1 Å². The molecule has 3 heterocycles. The summed E-state index contributed by atoms with van der Waals surface area (Å²) in [6, 6.07) is 7.81. The number of benzene rings is 1. The smallest absolute Gasteiger partial charge is 0.160 e. The molecule has 3 N–H and O–H groups in total. The molecular formula is C17H20N4OS. The zero-order valence-corrected chi connectivity index (χ0v) is 13.7. The molecule has 0 radical (unpaired) electrons. The minimum Gasteiger partial charge on any atom is -0.398 e. The van der Waals surface area contributed by atoms with Crippen LogP contribution in [-0.2, 0) is 4.84 Å². The fraction of sp³-hybridized carbons (Fsp3) is 0.412. The monoisotopic (exact) mass is 328 g/mol. The van der Waals surface area contributed by atoms with Crippen molar-refractivity contribution in [1.29, 1.82) is 0 Å². The molecule has 1 atom stereocenters. The summed E-state index contributed by atoms with van der Waals surface area (Å²) in [4.78, 5) is 10.4. The van der Waals surface area contributed by atoms with Crippen LogP contribution in [0.3, 0.4) is 0 Å². The first-order chi connectivity index (χ1) is 11.3. The van der Waals surface area contributed by atoms with Crippen LogP contribution in [0.2, 0.25) is 0 Å². The zero-order valence-electron chi connectivity index (χ0n) is 12.9. The van der Waals surface area contributed by atoms with E-state index < -0.39 is 0 Å². The average Bonchev–Trinajstić information content (AvgIpc) is 3.25. The minimum atomic E-state index is -0.102. The highest BCUT2D eigenvalue weighted by Gasteiger charge is 2.27. The van der Waals surface area contributed by atoms with Crippen molar-refractivity contribution in [3.8, 4) is 0 Å². The number of anilines is 1. The van der Waals surface area contributed by atoms with E-state index in [0.717, 1.165) is 42.2 Å². The van der Waals surface area contributed by atoms with Crippen molar-refractivity contribution in [2.24, 2.45) is 5.16 Å². The first-order valence-corrected chi connectivity index (χ1v) is 8.93. The molecule has 2 aliphatic rings. The van der Waals surface area contributed by atoms with E-state index in [1.54, 1.807) is 11.3 Å². The lowest BCUT2D eigenvalue weighted by Gasteiger charge is -2.20. The molecule has 1 aromatic carbocycles. The van der Waals surface area contributed by atoms with Crippen LogP contribution in [0.25, 0.3) is 0 Å². The number of nitrogens with zero attached hydrogens (tertiary/aromatic N) is 2. The molecule has 2 aromatic rings. The highest BCUT2D eigenvalue weighted by atomic mass is 32.1. The van der Waals surface area contributed by atoms with Crippen LogP contribution in [-0.4, -0.2) is 23.8 Å². The maximum absolute atomic E-state index is 6.04. The quantitative estimate of drug-likeness (QED) is 0.849. The minimum absolute atomic E-state index is 0.102. The van der Waals surface area contributed by atoms with Gasteiger partial charge in [-0.2, -0.15) is 0 Å². The Hall–Kier alpha value is -1.92. The molecule has 23 heavy (non-hydrogen) atoms. The predicted octanol–water partition coefficient (Wildman–Crippen LogP) is 3.06. The summed E-state index contributed by atoms with van der Waals surface area (Å²) in [5.74, 6) is 0.582. The molecule has 0 spiro atoms. The van der Waals surface area contributed by atoms with Gasteiger partial charge in [-0.1, -0.05) is 23.4 Å². The zero-order chi connectivity index (χ0) is 15.6. The molecule has 5 nitrogen and oxygen atoms in total. The molecule has 2 aliphatic heterocycles. The van der Waals surface area contributed by atoms with Gasteiger partial charge in [0.15, 0.2) is 6.10 Å². The Morgan fingerprint density at radius 3 is 2.87 bits per heavy atom. The summed E-state index contributed by atoms with van der Waals surface area (Å²) >= 11 is 1.74. The SMILES string of the molecule is Nc1ccccc1C1CC(c2csc(C3CCNCC3)n2)=NO1. The molecule has 0 saturated carbocycles. The topological polar surface area (TPSA) is 72.5 Å². The van der Waals surface area contributed by atoms with E-state index in [-0.39, 0.29) is 6.10 Å². The Morgan fingerprint density at radius 2 is 2.04 bits per heavy atom. The lowest BCUT2D eigenvalue weighted by Crippen LogP contribution is -2.26. The summed E-state index contributed by atoms with van der Waals surface area (Å²) < 4.78 is 0. The summed E-state index contributed by atoms with van der Waals surface area (Å²) in [5, 5.41) is 11.0. The maximum Gasteiger partial charge on any atom is 0.160 e. The molecule has 1 unspecified atom stereocenters. The van der Waals surface area contributed by atoms with Gasteiger partial charge in [-0.3, -0.25) is 0 Å².